The van der Waals surface area contributed by atoms with Gasteiger partial charge in [0.05, 0.1) is 40.6 Å². The summed E-state index contributed by atoms with van der Waals surface area (Å²) in [6, 6.07) is 7.57. The number of fused-ring (bicyclic) bond motifs is 3. The molecule has 4 rings (SSSR count). The zero-order valence-corrected chi connectivity index (χ0v) is 21.5. The molecular weight excluding hydrogens is 464 g/mol. The Balaban J connectivity index is 1.66. The van der Waals surface area contributed by atoms with Crippen molar-refractivity contribution >= 4 is 5.91 Å². The number of morpholine rings is 1. The Morgan fingerprint density at radius 3 is 2.56 bits per heavy atom. The lowest BCUT2D eigenvalue weighted by Gasteiger charge is -2.28. The number of carbonyl (C=O) groups excluding carboxylic acids is 1. The van der Waals surface area contributed by atoms with Crippen LogP contribution in [0.5, 0.6) is 23.0 Å². The molecule has 1 aliphatic heterocycles. The monoisotopic (exact) mass is 500 g/mol. The fourth-order valence-corrected chi connectivity index (χ4v) is 5.02. The summed E-state index contributed by atoms with van der Waals surface area (Å²) in [7, 11) is 4.80. The van der Waals surface area contributed by atoms with E-state index in [1.165, 1.54) is 6.92 Å². The number of hydrogen-bond donors (Lipinski definition) is 2. The summed E-state index contributed by atoms with van der Waals surface area (Å²) in [6.45, 7) is 5.22. The summed E-state index contributed by atoms with van der Waals surface area (Å²) >= 11 is 0. The first kappa shape index (κ1) is 26.1. The third-order valence-electron chi connectivity index (χ3n) is 6.67. The van der Waals surface area contributed by atoms with Gasteiger partial charge in [0.25, 0.3) is 0 Å². The van der Waals surface area contributed by atoms with Crippen LogP contribution < -0.4 is 24.3 Å². The number of ether oxygens (including phenoxy) is 5. The lowest BCUT2D eigenvalue weighted by atomic mass is 9.93. The molecule has 1 saturated heterocycles. The Bertz CT molecular complexity index is 1070. The van der Waals surface area contributed by atoms with Gasteiger partial charge in [0.2, 0.25) is 11.7 Å². The average molecular weight is 501 g/mol. The molecule has 0 bridgehead atoms. The molecule has 1 heterocycles. The molecule has 1 amide bonds. The van der Waals surface area contributed by atoms with Crippen molar-refractivity contribution < 1.29 is 33.6 Å². The van der Waals surface area contributed by atoms with Gasteiger partial charge in [0.15, 0.2) is 11.5 Å². The molecule has 9 heteroatoms. The molecule has 2 atom stereocenters. The van der Waals surface area contributed by atoms with Gasteiger partial charge < -0.3 is 34.1 Å². The van der Waals surface area contributed by atoms with Gasteiger partial charge in [-0.2, -0.15) is 0 Å². The number of nitrogens with one attached hydrogen (secondary N) is 1. The maximum Gasteiger partial charge on any atom is 0.217 e. The number of aliphatic hydroxyl groups excluding tert-OH is 1. The van der Waals surface area contributed by atoms with Crippen molar-refractivity contribution in [1.82, 2.24) is 10.2 Å². The van der Waals surface area contributed by atoms with Crippen molar-refractivity contribution in [3.8, 4) is 34.1 Å². The number of amides is 1. The minimum Gasteiger partial charge on any atom is -0.493 e. The van der Waals surface area contributed by atoms with E-state index in [1.54, 1.807) is 21.3 Å². The average Bonchev–Trinajstić information content (AvgIpc) is 3.03. The van der Waals surface area contributed by atoms with E-state index in [9.17, 15) is 9.90 Å². The number of carbonyl (C=O) groups is 1. The second-order valence-electron chi connectivity index (χ2n) is 9.10. The highest BCUT2D eigenvalue weighted by molar-refractivity contribution is 5.84. The number of aryl methyl sites for hydroxylation is 1. The Morgan fingerprint density at radius 1 is 1.14 bits per heavy atom. The maximum absolute atomic E-state index is 12.1. The molecule has 2 aliphatic rings. The number of hydrogen-bond acceptors (Lipinski definition) is 8. The van der Waals surface area contributed by atoms with E-state index in [-0.39, 0.29) is 18.6 Å². The highest BCUT2D eigenvalue weighted by Gasteiger charge is 2.29. The molecule has 9 nitrogen and oxygen atoms in total. The predicted molar refractivity (Wildman–Crippen MR) is 135 cm³/mol. The third kappa shape index (κ3) is 5.69. The Morgan fingerprint density at radius 2 is 1.89 bits per heavy atom. The van der Waals surface area contributed by atoms with Crippen LogP contribution in [0.25, 0.3) is 11.1 Å². The van der Waals surface area contributed by atoms with Gasteiger partial charge in [-0.1, -0.05) is 6.07 Å². The second kappa shape index (κ2) is 11.8. The van der Waals surface area contributed by atoms with E-state index < -0.39 is 6.10 Å². The lowest BCUT2D eigenvalue weighted by molar-refractivity contribution is -0.119. The van der Waals surface area contributed by atoms with Crippen molar-refractivity contribution in [1.29, 1.82) is 0 Å². The summed E-state index contributed by atoms with van der Waals surface area (Å²) in [5.74, 6) is 2.24. The molecule has 2 aromatic rings. The number of β-amino-alcohol motifs (C(OH)–C–C–N with tert-alkyl or cyclic N) is 1. The Kier molecular flexibility index (Phi) is 8.56. The molecule has 0 radical (unpaired) electrons. The van der Waals surface area contributed by atoms with E-state index in [0.29, 0.717) is 55.6 Å². The zero-order valence-electron chi connectivity index (χ0n) is 21.5. The van der Waals surface area contributed by atoms with Crippen LogP contribution >= 0.6 is 0 Å². The van der Waals surface area contributed by atoms with Crippen LogP contribution in [0.4, 0.5) is 0 Å². The van der Waals surface area contributed by atoms with E-state index in [0.717, 1.165) is 35.3 Å². The van der Waals surface area contributed by atoms with Gasteiger partial charge in [0.1, 0.15) is 18.5 Å². The topological polar surface area (TPSA) is 98.7 Å². The predicted octanol–water partition coefficient (Wildman–Crippen LogP) is 2.57. The van der Waals surface area contributed by atoms with Crippen molar-refractivity contribution in [3.63, 3.8) is 0 Å². The molecule has 2 aromatic carbocycles. The number of nitrogens with zero attached hydrogens (tertiary/aromatic N) is 1. The van der Waals surface area contributed by atoms with Crippen LogP contribution in [0.1, 0.15) is 30.5 Å². The molecule has 1 aliphatic carbocycles. The van der Waals surface area contributed by atoms with Crippen molar-refractivity contribution in [2.45, 2.75) is 31.9 Å². The summed E-state index contributed by atoms with van der Waals surface area (Å²) in [6.07, 6.45) is 0.784. The van der Waals surface area contributed by atoms with Crippen LogP contribution in [-0.2, 0) is 16.0 Å². The van der Waals surface area contributed by atoms with Crippen LogP contribution in [0.15, 0.2) is 24.3 Å². The third-order valence-corrected chi connectivity index (χ3v) is 6.67. The first-order valence-corrected chi connectivity index (χ1v) is 12.3. The van der Waals surface area contributed by atoms with Crippen LogP contribution in [0.3, 0.4) is 0 Å². The summed E-state index contributed by atoms with van der Waals surface area (Å²) in [4.78, 5) is 14.2. The van der Waals surface area contributed by atoms with E-state index in [4.69, 9.17) is 23.7 Å². The maximum atomic E-state index is 12.1. The van der Waals surface area contributed by atoms with E-state index in [2.05, 4.69) is 10.2 Å². The number of benzene rings is 2. The molecule has 0 saturated carbocycles. The summed E-state index contributed by atoms with van der Waals surface area (Å²) < 4.78 is 28.4. The fourth-order valence-electron chi connectivity index (χ4n) is 5.02. The zero-order chi connectivity index (χ0) is 25.7. The lowest BCUT2D eigenvalue weighted by Crippen LogP contribution is -2.42. The number of aliphatic hydroxyl groups is 1. The van der Waals surface area contributed by atoms with Crippen molar-refractivity contribution in [2.24, 2.45) is 0 Å². The van der Waals surface area contributed by atoms with Gasteiger partial charge >= 0.3 is 0 Å². The molecular formula is C27H36N2O7. The quantitative estimate of drug-likeness (QED) is 0.542. The largest absolute Gasteiger partial charge is 0.493 e. The molecule has 196 valence electrons. The smallest absolute Gasteiger partial charge is 0.217 e. The molecule has 1 unspecified atom stereocenters. The van der Waals surface area contributed by atoms with Crippen LogP contribution in [0.2, 0.25) is 0 Å². The number of rotatable bonds is 9. The molecule has 2 N–H and O–H groups in total. The SMILES string of the molecule is COc1cc2c(c(OC)c1OC)-c1ccc(OCC(O)CN3CCOCC3)cc1[C@@H](NC(C)=O)CC2. The standard InChI is InChI=1S/C27H36N2O7/c1-17(30)28-23-8-5-18-13-24(32-2)26(33-3)27(34-4)25(18)21-7-6-20(14-22(21)23)36-16-19(31)15-29-9-11-35-12-10-29/h6-7,13-14,19,23,31H,5,8-12,15-16H2,1-4H3,(H,28,30)/t19?,23-/m0/s1. The molecule has 0 aromatic heterocycles. The highest BCUT2D eigenvalue weighted by Crippen LogP contribution is 2.50. The molecule has 36 heavy (non-hydrogen) atoms. The first-order valence-electron chi connectivity index (χ1n) is 12.3. The minimum atomic E-state index is -0.620. The Hall–Kier alpha value is -3.01. The van der Waals surface area contributed by atoms with Crippen LogP contribution in [-0.4, -0.2) is 82.8 Å². The normalized spacial score (nSPS) is 18.3. The van der Waals surface area contributed by atoms with E-state index in [1.807, 2.05) is 24.3 Å². The number of methoxy groups -OCH3 is 3. The van der Waals surface area contributed by atoms with Crippen molar-refractivity contribution in [3.05, 3.63) is 35.4 Å². The van der Waals surface area contributed by atoms with Gasteiger partial charge in [-0.05, 0) is 47.7 Å². The minimum absolute atomic E-state index is 0.105. The highest BCUT2D eigenvalue weighted by atomic mass is 16.5. The van der Waals surface area contributed by atoms with Crippen LogP contribution in [0, 0.1) is 0 Å². The molecule has 0 spiro atoms. The summed E-state index contributed by atoms with van der Waals surface area (Å²) in [5, 5.41) is 13.6. The molecule has 1 fully saturated rings. The van der Waals surface area contributed by atoms with Crippen molar-refractivity contribution in [2.75, 3.05) is 60.8 Å². The van der Waals surface area contributed by atoms with Gasteiger partial charge in [-0.3, -0.25) is 9.69 Å². The van der Waals surface area contributed by atoms with Gasteiger partial charge in [-0.15, -0.1) is 0 Å². The Labute approximate surface area is 212 Å². The first-order chi connectivity index (χ1) is 17.4. The second-order valence-corrected chi connectivity index (χ2v) is 9.10. The fraction of sp³-hybridized carbons (Fsp3) is 0.519. The van der Waals surface area contributed by atoms with E-state index >= 15 is 0 Å². The van der Waals surface area contributed by atoms with Gasteiger partial charge in [-0.25, -0.2) is 0 Å². The summed E-state index contributed by atoms with van der Waals surface area (Å²) in [5.41, 5.74) is 3.82. The van der Waals surface area contributed by atoms with Gasteiger partial charge in [0, 0.05) is 32.1 Å².